The van der Waals surface area contributed by atoms with Crippen LogP contribution in [0.2, 0.25) is 0 Å². The summed E-state index contributed by atoms with van der Waals surface area (Å²) >= 11 is 0. The summed E-state index contributed by atoms with van der Waals surface area (Å²) < 4.78 is 12.6. The van der Waals surface area contributed by atoms with Gasteiger partial charge in [-0.1, -0.05) is 51.1 Å². The molecule has 2 unspecified atom stereocenters. The number of benzene rings is 2. The van der Waals surface area contributed by atoms with Gasteiger partial charge in [0.25, 0.3) is 5.91 Å². The molecule has 188 valence electrons. The van der Waals surface area contributed by atoms with Crippen molar-refractivity contribution in [3.05, 3.63) is 66.4 Å². The highest BCUT2D eigenvalue weighted by atomic mass is 16.5. The Morgan fingerprint density at radius 3 is 2.58 bits per heavy atom. The first-order valence-electron chi connectivity index (χ1n) is 12.4. The molecule has 1 aliphatic carbocycles. The van der Waals surface area contributed by atoms with E-state index in [0.29, 0.717) is 17.0 Å². The highest BCUT2D eigenvalue weighted by molar-refractivity contribution is 5.97. The van der Waals surface area contributed by atoms with Gasteiger partial charge in [-0.2, -0.15) is 5.10 Å². The van der Waals surface area contributed by atoms with Crippen LogP contribution in [0.5, 0.6) is 5.75 Å². The largest absolute Gasteiger partial charge is 0.497 e. The zero-order valence-electron chi connectivity index (χ0n) is 21.4. The molecule has 1 aromatic heterocycles. The van der Waals surface area contributed by atoms with Crippen molar-refractivity contribution in [2.45, 2.75) is 46.1 Å². The summed E-state index contributed by atoms with van der Waals surface area (Å²) in [6.45, 7) is 7.25. The van der Waals surface area contributed by atoms with E-state index in [1.54, 1.807) is 18.0 Å². The van der Waals surface area contributed by atoms with Crippen LogP contribution in [0.3, 0.4) is 0 Å². The number of methoxy groups -OCH3 is 1. The van der Waals surface area contributed by atoms with Gasteiger partial charge in [0.1, 0.15) is 17.0 Å². The summed E-state index contributed by atoms with van der Waals surface area (Å²) in [6.07, 6.45) is 4.75. The monoisotopic (exact) mass is 487 g/mol. The molecule has 1 aliphatic heterocycles. The average molecular weight is 488 g/mol. The quantitative estimate of drug-likeness (QED) is 0.451. The maximum Gasteiger partial charge on any atom is 0.342 e. The van der Waals surface area contributed by atoms with Crippen LogP contribution in [0.4, 0.5) is 0 Å². The summed E-state index contributed by atoms with van der Waals surface area (Å²) in [5.41, 5.74) is 2.65. The summed E-state index contributed by atoms with van der Waals surface area (Å²) in [4.78, 5) is 28.4. The predicted molar refractivity (Wildman–Crippen MR) is 137 cm³/mol. The normalized spacial score (nSPS) is 22.3. The molecule has 5 rings (SSSR count). The standard InChI is InChI=1S/C29H33N3O4/c1-28(2)14-22-15-29(3,18-28)19-31(22)25(33)17-36-27(34)24-16-32(21-10-6-5-7-11-21)30-26(24)20-9-8-12-23(13-20)35-4/h5-13,16,22H,14-15,17-19H2,1-4H3. The fourth-order valence-corrected chi connectivity index (χ4v) is 6.26. The van der Waals surface area contributed by atoms with Crippen molar-refractivity contribution in [3.8, 4) is 22.7 Å². The molecule has 2 fully saturated rings. The number of rotatable bonds is 6. The third-order valence-corrected chi connectivity index (χ3v) is 7.36. The Labute approximate surface area is 212 Å². The Morgan fingerprint density at radius 1 is 1.06 bits per heavy atom. The molecule has 0 radical (unpaired) electrons. The number of carbonyl (C=O) groups is 2. The van der Waals surface area contributed by atoms with E-state index >= 15 is 0 Å². The molecule has 2 atom stereocenters. The van der Waals surface area contributed by atoms with Crippen LogP contribution in [0.1, 0.15) is 50.4 Å². The van der Waals surface area contributed by atoms with Gasteiger partial charge in [0, 0.05) is 24.3 Å². The average Bonchev–Trinajstić information content (AvgIpc) is 3.41. The van der Waals surface area contributed by atoms with E-state index in [0.717, 1.165) is 37.1 Å². The van der Waals surface area contributed by atoms with Gasteiger partial charge < -0.3 is 14.4 Å². The predicted octanol–water partition coefficient (Wildman–Crippen LogP) is 5.13. The van der Waals surface area contributed by atoms with Gasteiger partial charge in [0.2, 0.25) is 0 Å². The minimum absolute atomic E-state index is 0.127. The van der Waals surface area contributed by atoms with E-state index in [1.165, 1.54) is 0 Å². The number of para-hydroxylation sites is 1. The van der Waals surface area contributed by atoms with E-state index < -0.39 is 5.97 Å². The molecule has 1 saturated carbocycles. The number of carbonyl (C=O) groups excluding carboxylic acids is 2. The van der Waals surface area contributed by atoms with Crippen molar-refractivity contribution in [3.63, 3.8) is 0 Å². The Kier molecular flexibility index (Phi) is 6.10. The Balaban J connectivity index is 1.37. The minimum Gasteiger partial charge on any atom is -0.497 e. The van der Waals surface area contributed by atoms with Crippen LogP contribution in [0.15, 0.2) is 60.8 Å². The van der Waals surface area contributed by atoms with Gasteiger partial charge >= 0.3 is 5.97 Å². The lowest BCUT2D eigenvalue weighted by Crippen LogP contribution is -2.39. The number of ether oxygens (including phenoxy) is 2. The molecule has 2 heterocycles. The molecule has 2 aliphatic rings. The van der Waals surface area contributed by atoms with Gasteiger partial charge in [0.05, 0.1) is 12.8 Å². The van der Waals surface area contributed by atoms with Crippen LogP contribution < -0.4 is 4.74 Å². The highest BCUT2D eigenvalue weighted by Crippen LogP contribution is 2.52. The number of likely N-dealkylation sites (tertiary alicyclic amines) is 1. The number of fused-ring (bicyclic) bond motifs is 2. The summed E-state index contributed by atoms with van der Waals surface area (Å²) in [6, 6.07) is 17.2. The molecular formula is C29H33N3O4. The number of hydrogen-bond donors (Lipinski definition) is 0. The number of amides is 1. The number of nitrogens with zero attached hydrogens (tertiary/aromatic N) is 3. The molecule has 0 N–H and O–H groups in total. The van der Waals surface area contributed by atoms with E-state index in [1.807, 2.05) is 59.5 Å². The Bertz CT molecular complexity index is 1280. The van der Waals surface area contributed by atoms with E-state index in [4.69, 9.17) is 9.47 Å². The molecule has 36 heavy (non-hydrogen) atoms. The molecular weight excluding hydrogens is 454 g/mol. The minimum atomic E-state index is -0.572. The first-order valence-corrected chi connectivity index (χ1v) is 12.4. The van der Waals surface area contributed by atoms with Crippen LogP contribution in [-0.2, 0) is 9.53 Å². The van der Waals surface area contributed by atoms with Gasteiger partial charge in [-0.3, -0.25) is 4.79 Å². The van der Waals surface area contributed by atoms with E-state index in [2.05, 4.69) is 25.9 Å². The molecule has 7 heteroatoms. The lowest BCUT2D eigenvalue weighted by Gasteiger charge is -2.39. The van der Waals surface area contributed by atoms with Crippen LogP contribution in [0, 0.1) is 10.8 Å². The van der Waals surface area contributed by atoms with E-state index in [-0.39, 0.29) is 29.4 Å². The van der Waals surface area contributed by atoms with Gasteiger partial charge in [0.15, 0.2) is 6.61 Å². The number of aromatic nitrogens is 2. The molecule has 1 amide bonds. The first-order chi connectivity index (χ1) is 17.2. The number of hydrogen-bond acceptors (Lipinski definition) is 5. The second-order valence-electron chi connectivity index (χ2n) is 11.2. The lowest BCUT2D eigenvalue weighted by atomic mass is 9.65. The molecule has 0 spiro atoms. The zero-order valence-corrected chi connectivity index (χ0v) is 21.4. The molecule has 3 aromatic rings. The first kappa shape index (κ1) is 24.1. The number of esters is 1. The van der Waals surface area contributed by atoms with Crippen LogP contribution >= 0.6 is 0 Å². The summed E-state index contributed by atoms with van der Waals surface area (Å²) in [5.74, 6) is -0.0435. The van der Waals surface area contributed by atoms with Crippen molar-refractivity contribution >= 4 is 11.9 Å². The summed E-state index contributed by atoms with van der Waals surface area (Å²) in [5, 5.41) is 4.69. The maximum atomic E-state index is 13.3. The zero-order chi connectivity index (χ0) is 25.5. The molecule has 1 saturated heterocycles. The topological polar surface area (TPSA) is 73.7 Å². The molecule has 2 bridgehead atoms. The SMILES string of the molecule is COc1cccc(-c2nn(-c3ccccc3)cc2C(=O)OCC(=O)N2CC3(C)CC2CC(C)(C)C3)c1. The third kappa shape index (κ3) is 4.74. The van der Waals surface area contributed by atoms with Crippen molar-refractivity contribution in [2.24, 2.45) is 10.8 Å². The van der Waals surface area contributed by atoms with E-state index in [9.17, 15) is 9.59 Å². The summed E-state index contributed by atoms with van der Waals surface area (Å²) in [7, 11) is 1.59. The van der Waals surface area contributed by atoms with Crippen molar-refractivity contribution in [2.75, 3.05) is 20.3 Å². The van der Waals surface area contributed by atoms with Gasteiger partial charge in [-0.15, -0.1) is 0 Å². The Hall–Kier alpha value is -3.61. The lowest BCUT2D eigenvalue weighted by molar-refractivity contribution is -0.135. The second kappa shape index (κ2) is 9.12. The smallest absolute Gasteiger partial charge is 0.342 e. The van der Waals surface area contributed by atoms with Gasteiger partial charge in [-0.05, 0) is 54.4 Å². The van der Waals surface area contributed by atoms with Crippen LogP contribution in [-0.4, -0.2) is 52.9 Å². The third-order valence-electron chi connectivity index (χ3n) is 7.36. The fraction of sp³-hybridized carbons (Fsp3) is 0.414. The Morgan fingerprint density at radius 2 is 1.83 bits per heavy atom. The van der Waals surface area contributed by atoms with Gasteiger partial charge in [-0.25, -0.2) is 9.48 Å². The van der Waals surface area contributed by atoms with Crippen molar-refractivity contribution in [1.29, 1.82) is 0 Å². The van der Waals surface area contributed by atoms with Crippen molar-refractivity contribution in [1.82, 2.24) is 14.7 Å². The molecule has 7 nitrogen and oxygen atoms in total. The second-order valence-corrected chi connectivity index (χ2v) is 11.2. The maximum absolute atomic E-state index is 13.3. The highest BCUT2D eigenvalue weighted by Gasteiger charge is 2.51. The molecule has 2 aromatic carbocycles. The fourth-order valence-electron chi connectivity index (χ4n) is 6.26. The van der Waals surface area contributed by atoms with Crippen LogP contribution in [0.25, 0.3) is 16.9 Å². The van der Waals surface area contributed by atoms with Crippen molar-refractivity contribution < 1.29 is 19.1 Å².